The highest BCUT2D eigenvalue weighted by molar-refractivity contribution is 7.88. The highest BCUT2D eigenvalue weighted by Gasteiger charge is 2.27. The van der Waals surface area contributed by atoms with E-state index in [1.165, 1.54) is 0 Å². The van der Waals surface area contributed by atoms with E-state index in [1.807, 2.05) is 4.72 Å². The van der Waals surface area contributed by atoms with Crippen molar-refractivity contribution in [2.24, 2.45) is 0 Å². The molecule has 0 fully saturated rings. The Morgan fingerprint density at radius 1 is 1.35 bits per heavy atom. The molecule has 0 radical (unpaired) electrons. The second-order valence-corrected chi connectivity index (χ2v) is 6.35. The lowest BCUT2D eigenvalue weighted by Crippen LogP contribution is -2.42. The fourth-order valence-electron chi connectivity index (χ4n) is 0.988. The minimum absolute atomic E-state index is 0.556. The summed E-state index contributed by atoms with van der Waals surface area (Å²) in [6.07, 6.45) is 0.262. The molecule has 2 N–H and O–H groups in total. The Morgan fingerprint density at radius 2 is 1.82 bits per heavy atom. The molecule has 0 saturated carbocycles. The maximum absolute atomic E-state index is 11.3. The Labute approximate surface area is 100 Å². The predicted molar refractivity (Wildman–Crippen MR) is 59.9 cm³/mol. The zero-order valence-corrected chi connectivity index (χ0v) is 11.0. The van der Waals surface area contributed by atoms with Crippen LogP contribution < -0.4 is 4.72 Å². The summed E-state index contributed by atoms with van der Waals surface area (Å²) in [7, 11) is -3.70. The average Bonchev–Trinajstić information content (AvgIpc) is 1.95. The van der Waals surface area contributed by atoms with Crippen molar-refractivity contribution in [1.29, 1.82) is 0 Å². The van der Waals surface area contributed by atoms with Gasteiger partial charge in [0.05, 0.1) is 12.7 Å². The normalized spacial score (nSPS) is 14.1. The third kappa shape index (κ3) is 8.64. The summed E-state index contributed by atoms with van der Waals surface area (Å²) < 4.78 is 28.5. The van der Waals surface area contributed by atoms with Gasteiger partial charge in [0.15, 0.2) is 0 Å². The minimum Gasteiger partial charge on any atom is -0.480 e. The average molecular weight is 267 g/mol. The van der Waals surface area contributed by atoms with E-state index in [9.17, 15) is 18.0 Å². The lowest BCUT2D eigenvalue weighted by atomic mass is 10.2. The molecule has 0 aliphatic heterocycles. The molecule has 0 heterocycles. The lowest BCUT2D eigenvalue weighted by molar-refractivity contribution is -0.158. The number of carbonyl (C=O) groups excluding carboxylic acids is 1. The van der Waals surface area contributed by atoms with Crippen LogP contribution in [0, 0.1) is 0 Å². The van der Waals surface area contributed by atoms with Crippen LogP contribution >= 0.6 is 0 Å². The first-order chi connectivity index (χ1) is 7.41. The van der Waals surface area contributed by atoms with Gasteiger partial charge in [0.25, 0.3) is 0 Å². The van der Waals surface area contributed by atoms with Gasteiger partial charge in [0, 0.05) is 0 Å². The molecular weight excluding hydrogens is 250 g/mol. The molecule has 0 aromatic rings. The monoisotopic (exact) mass is 267 g/mol. The Balaban J connectivity index is 4.58. The van der Waals surface area contributed by atoms with E-state index in [0.29, 0.717) is 0 Å². The number of carbonyl (C=O) groups is 2. The predicted octanol–water partition coefficient (Wildman–Crippen LogP) is -0.279. The standard InChI is InChI=1S/C9H17NO6S/c1-9(2,3)16-7(11)5-6(8(12)13)10-17(4,14)15/h6,10H,5H2,1-4H3,(H,12,13)/t6-/m0/s1. The van der Waals surface area contributed by atoms with Crippen LogP contribution in [0.1, 0.15) is 27.2 Å². The van der Waals surface area contributed by atoms with Crippen LogP contribution in [-0.4, -0.2) is 43.4 Å². The summed E-state index contributed by atoms with van der Waals surface area (Å²) in [6.45, 7) is 4.89. The Kier molecular flexibility index (Phi) is 5.09. The van der Waals surface area contributed by atoms with Crippen molar-refractivity contribution in [2.75, 3.05) is 6.26 Å². The van der Waals surface area contributed by atoms with E-state index in [-0.39, 0.29) is 0 Å². The number of aliphatic carboxylic acids is 1. The maximum Gasteiger partial charge on any atom is 0.322 e. The zero-order valence-electron chi connectivity index (χ0n) is 10.2. The summed E-state index contributed by atoms with van der Waals surface area (Å²) >= 11 is 0. The van der Waals surface area contributed by atoms with E-state index in [2.05, 4.69) is 0 Å². The molecule has 0 aromatic carbocycles. The van der Waals surface area contributed by atoms with Crippen molar-refractivity contribution in [3.05, 3.63) is 0 Å². The van der Waals surface area contributed by atoms with Gasteiger partial charge in [0.1, 0.15) is 11.6 Å². The lowest BCUT2D eigenvalue weighted by Gasteiger charge is -2.21. The van der Waals surface area contributed by atoms with Crippen molar-refractivity contribution in [2.45, 2.75) is 38.8 Å². The van der Waals surface area contributed by atoms with Crippen molar-refractivity contribution in [3.8, 4) is 0 Å². The molecule has 0 aliphatic carbocycles. The number of nitrogens with one attached hydrogen (secondary N) is 1. The summed E-state index contributed by atoms with van der Waals surface area (Å²) in [5, 5.41) is 8.75. The molecule has 0 amide bonds. The van der Waals surface area contributed by atoms with Gasteiger partial charge in [-0.15, -0.1) is 0 Å². The molecule has 0 saturated heterocycles. The molecule has 0 aliphatic rings. The van der Waals surface area contributed by atoms with Gasteiger partial charge in [0.2, 0.25) is 10.0 Å². The number of hydrogen-bond acceptors (Lipinski definition) is 5. The van der Waals surface area contributed by atoms with Crippen LogP contribution in [0.25, 0.3) is 0 Å². The smallest absolute Gasteiger partial charge is 0.322 e. The van der Waals surface area contributed by atoms with Gasteiger partial charge in [-0.05, 0) is 20.8 Å². The van der Waals surface area contributed by atoms with Gasteiger partial charge in [-0.3, -0.25) is 9.59 Å². The topological polar surface area (TPSA) is 110 Å². The van der Waals surface area contributed by atoms with Gasteiger partial charge in [-0.25, -0.2) is 13.1 Å². The number of sulfonamides is 1. The van der Waals surface area contributed by atoms with Gasteiger partial charge < -0.3 is 9.84 Å². The first-order valence-corrected chi connectivity index (χ1v) is 6.72. The van der Waals surface area contributed by atoms with Gasteiger partial charge in [-0.1, -0.05) is 0 Å². The molecule has 1 atom stereocenters. The van der Waals surface area contributed by atoms with Crippen molar-refractivity contribution >= 4 is 22.0 Å². The molecule has 7 nitrogen and oxygen atoms in total. The number of esters is 1. The van der Waals surface area contributed by atoms with Crippen LogP contribution in [0.5, 0.6) is 0 Å². The highest BCUT2D eigenvalue weighted by atomic mass is 32.2. The van der Waals surface area contributed by atoms with Crippen molar-refractivity contribution < 1.29 is 27.9 Å². The van der Waals surface area contributed by atoms with E-state index < -0.39 is 40.0 Å². The first-order valence-electron chi connectivity index (χ1n) is 4.82. The zero-order chi connectivity index (χ0) is 13.9. The first kappa shape index (κ1) is 15.9. The van der Waals surface area contributed by atoms with E-state index >= 15 is 0 Å². The van der Waals surface area contributed by atoms with Gasteiger partial charge in [-0.2, -0.15) is 0 Å². The molecule has 8 heteroatoms. The van der Waals surface area contributed by atoms with Crippen LogP contribution in [0.3, 0.4) is 0 Å². The number of carboxylic acid groups (broad SMARTS) is 1. The molecule has 100 valence electrons. The van der Waals surface area contributed by atoms with Gasteiger partial charge >= 0.3 is 11.9 Å². The second kappa shape index (κ2) is 5.46. The molecule has 0 unspecified atom stereocenters. The van der Waals surface area contributed by atoms with E-state index in [4.69, 9.17) is 9.84 Å². The minimum atomic E-state index is -3.70. The molecular formula is C9H17NO6S. The fourth-order valence-corrected chi connectivity index (χ4v) is 1.69. The Bertz CT molecular complexity index is 394. The molecule has 0 bridgehead atoms. The quantitative estimate of drug-likeness (QED) is 0.663. The number of rotatable bonds is 5. The van der Waals surface area contributed by atoms with Crippen LogP contribution in [-0.2, 0) is 24.3 Å². The third-order valence-electron chi connectivity index (χ3n) is 1.45. The SMILES string of the molecule is CC(C)(C)OC(=O)C[C@H](NS(C)(=O)=O)C(=O)O. The third-order valence-corrected chi connectivity index (χ3v) is 2.16. The molecule has 0 spiro atoms. The maximum atomic E-state index is 11.3. The summed E-state index contributed by atoms with van der Waals surface area (Å²) in [4.78, 5) is 22.1. The largest absolute Gasteiger partial charge is 0.480 e. The van der Waals surface area contributed by atoms with Crippen molar-refractivity contribution in [1.82, 2.24) is 4.72 Å². The van der Waals surface area contributed by atoms with Crippen LogP contribution in [0.15, 0.2) is 0 Å². The molecule has 17 heavy (non-hydrogen) atoms. The van der Waals surface area contributed by atoms with E-state index in [1.54, 1.807) is 20.8 Å². The van der Waals surface area contributed by atoms with Crippen LogP contribution in [0.4, 0.5) is 0 Å². The Hall–Kier alpha value is -1.15. The summed E-state index contributed by atoms with van der Waals surface area (Å²) in [6, 6.07) is -1.51. The summed E-state index contributed by atoms with van der Waals surface area (Å²) in [5.74, 6) is -2.21. The number of carboxylic acids is 1. The number of ether oxygens (including phenoxy) is 1. The van der Waals surface area contributed by atoms with Crippen molar-refractivity contribution in [3.63, 3.8) is 0 Å². The van der Waals surface area contributed by atoms with E-state index in [0.717, 1.165) is 6.26 Å². The second-order valence-electron chi connectivity index (χ2n) is 4.57. The Morgan fingerprint density at radius 3 is 2.12 bits per heavy atom. The fraction of sp³-hybridized carbons (Fsp3) is 0.778. The van der Waals surface area contributed by atoms with Crippen LogP contribution in [0.2, 0.25) is 0 Å². The molecule has 0 aromatic heterocycles. The summed E-state index contributed by atoms with van der Waals surface area (Å²) in [5.41, 5.74) is -0.745. The number of hydrogen-bond donors (Lipinski definition) is 2. The molecule has 0 rings (SSSR count). The highest BCUT2D eigenvalue weighted by Crippen LogP contribution is 2.09.